The van der Waals surface area contributed by atoms with Gasteiger partial charge in [-0.2, -0.15) is 0 Å². The molecule has 0 spiro atoms. The van der Waals surface area contributed by atoms with Crippen LogP contribution in [0, 0.1) is 22.7 Å². The van der Waals surface area contributed by atoms with Gasteiger partial charge < -0.3 is 19.9 Å². The Labute approximate surface area is 143 Å². The van der Waals surface area contributed by atoms with Crippen LogP contribution in [0.25, 0.3) is 0 Å². The smallest absolute Gasteiger partial charge is 0.407 e. The van der Waals surface area contributed by atoms with Gasteiger partial charge in [-0.15, -0.1) is 0 Å². The van der Waals surface area contributed by atoms with Crippen LogP contribution in [0.5, 0.6) is 0 Å². The summed E-state index contributed by atoms with van der Waals surface area (Å²) in [6, 6.07) is 0. The predicted octanol–water partition coefficient (Wildman–Crippen LogP) is 2.24. The lowest BCUT2D eigenvalue weighted by Crippen LogP contribution is -2.60. The molecular weight excluding hydrogens is 310 g/mol. The molecule has 6 heteroatoms. The third-order valence-electron chi connectivity index (χ3n) is 6.89. The fraction of sp³-hybridized carbons (Fsp3) is 0.889. The van der Waals surface area contributed by atoms with Crippen LogP contribution in [0.3, 0.4) is 0 Å². The Hall–Kier alpha value is -1.30. The number of carbonyl (C=O) groups is 2. The average molecular weight is 339 g/mol. The second kappa shape index (κ2) is 6.21. The molecule has 0 radical (unpaired) electrons. The highest BCUT2D eigenvalue weighted by atomic mass is 16.6. The number of esters is 1. The molecule has 1 saturated heterocycles. The molecule has 0 aromatic heterocycles. The van der Waals surface area contributed by atoms with Gasteiger partial charge in [0, 0.05) is 17.9 Å². The molecule has 136 valence electrons. The van der Waals surface area contributed by atoms with Crippen LogP contribution in [0.15, 0.2) is 0 Å². The maximum atomic E-state index is 11.9. The molecule has 3 fully saturated rings. The van der Waals surface area contributed by atoms with E-state index in [-0.39, 0.29) is 42.0 Å². The highest BCUT2D eigenvalue weighted by Gasteiger charge is 2.62. The first-order valence-electron chi connectivity index (χ1n) is 9.10. The van der Waals surface area contributed by atoms with Gasteiger partial charge in [0.2, 0.25) is 0 Å². The van der Waals surface area contributed by atoms with E-state index >= 15 is 0 Å². The molecule has 2 N–H and O–H groups in total. The van der Waals surface area contributed by atoms with Crippen LogP contribution in [-0.2, 0) is 14.3 Å². The third-order valence-corrected chi connectivity index (χ3v) is 6.89. The molecule has 0 bridgehead atoms. The second-order valence-electron chi connectivity index (χ2n) is 8.10. The van der Waals surface area contributed by atoms with Crippen molar-refractivity contribution in [2.45, 2.75) is 65.1 Å². The van der Waals surface area contributed by atoms with E-state index in [2.05, 4.69) is 12.2 Å². The van der Waals surface area contributed by atoms with Crippen LogP contribution >= 0.6 is 0 Å². The van der Waals surface area contributed by atoms with Gasteiger partial charge in [-0.25, -0.2) is 4.79 Å². The minimum absolute atomic E-state index is 0.0163. The minimum Gasteiger partial charge on any atom is -0.462 e. The highest BCUT2D eigenvalue weighted by molar-refractivity contribution is 5.72. The first-order chi connectivity index (χ1) is 11.3. The number of aliphatic hydroxyl groups excluding tert-OH is 1. The van der Waals surface area contributed by atoms with Crippen LogP contribution in [0.4, 0.5) is 4.79 Å². The quantitative estimate of drug-likeness (QED) is 0.770. The second-order valence-corrected chi connectivity index (χ2v) is 8.10. The summed E-state index contributed by atoms with van der Waals surface area (Å²) >= 11 is 0. The maximum Gasteiger partial charge on any atom is 0.407 e. The number of fused-ring (bicyclic) bond motifs is 3. The van der Waals surface area contributed by atoms with E-state index in [0.717, 1.165) is 19.3 Å². The zero-order valence-corrected chi connectivity index (χ0v) is 14.8. The number of ether oxygens (including phenoxy) is 2. The van der Waals surface area contributed by atoms with E-state index in [0.29, 0.717) is 19.4 Å². The van der Waals surface area contributed by atoms with Gasteiger partial charge >= 0.3 is 12.1 Å². The summed E-state index contributed by atoms with van der Waals surface area (Å²) in [4.78, 5) is 23.7. The van der Waals surface area contributed by atoms with Crippen LogP contribution in [-0.4, -0.2) is 42.5 Å². The van der Waals surface area contributed by atoms with Gasteiger partial charge in [0.25, 0.3) is 0 Å². The number of amides is 1. The van der Waals surface area contributed by atoms with E-state index in [1.165, 1.54) is 0 Å². The number of aliphatic hydroxyl groups is 1. The van der Waals surface area contributed by atoms with E-state index in [1.54, 1.807) is 0 Å². The SMILES string of the molecule is CCNC(=O)OC1CCC2(C)C3CC(=O)OC3CCC2C1(C)CO. The number of hydrogen-bond donors (Lipinski definition) is 2. The van der Waals surface area contributed by atoms with E-state index in [4.69, 9.17) is 9.47 Å². The third kappa shape index (κ3) is 2.59. The number of carbonyl (C=O) groups excluding carboxylic acids is 2. The fourth-order valence-electron chi connectivity index (χ4n) is 5.61. The van der Waals surface area contributed by atoms with Crippen LogP contribution in [0.1, 0.15) is 52.9 Å². The number of nitrogens with one attached hydrogen (secondary N) is 1. The standard InChI is InChI=1S/C18H29NO5/c1-4-19-16(22)24-14-7-8-17(2)11-9-15(21)23-12(11)5-6-13(17)18(14,3)10-20/h11-14,20H,4-10H2,1-3H3,(H,19,22). The Morgan fingerprint density at radius 2 is 2.12 bits per heavy atom. The molecule has 6 unspecified atom stereocenters. The Morgan fingerprint density at radius 1 is 1.38 bits per heavy atom. The first kappa shape index (κ1) is 17.5. The van der Waals surface area contributed by atoms with Crippen LogP contribution < -0.4 is 5.32 Å². The topological polar surface area (TPSA) is 84.9 Å². The summed E-state index contributed by atoms with van der Waals surface area (Å²) in [5.41, 5.74) is -0.553. The molecule has 6 atom stereocenters. The zero-order valence-electron chi connectivity index (χ0n) is 14.8. The molecule has 3 rings (SSSR count). The lowest BCUT2D eigenvalue weighted by Gasteiger charge is -2.59. The molecule has 1 aliphatic heterocycles. The van der Waals surface area contributed by atoms with Crippen molar-refractivity contribution in [1.29, 1.82) is 0 Å². The summed E-state index contributed by atoms with van der Waals surface area (Å²) in [7, 11) is 0. The zero-order chi connectivity index (χ0) is 17.5. The molecule has 6 nitrogen and oxygen atoms in total. The van der Waals surface area contributed by atoms with Gasteiger partial charge in [0.15, 0.2) is 0 Å². The average Bonchev–Trinajstić information content (AvgIpc) is 2.92. The molecule has 1 heterocycles. The van der Waals surface area contributed by atoms with Crippen molar-refractivity contribution in [3.63, 3.8) is 0 Å². The Balaban J connectivity index is 1.85. The van der Waals surface area contributed by atoms with Crippen molar-refractivity contribution in [2.75, 3.05) is 13.2 Å². The molecule has 2 saturated carbocycles. The summed E-state index contributed by atoms with van der Waals surface area (Å²) < 4.78 is 11.2. The number of rotatable bonds is 3. The van der Waals surface area contributed by atoms with Gasteiger partial charge in [-0.1, -0.05) is 13.8 Å². The molecule has 1 amide bonds. The summed E-state index contributed by atoms with van der Waals surface area (Å²) in [6.07, 6.45) is 3.08. The molecular formula is C18H29NO5. The fourth-order valence-corrected chi connectivity index (χ4v) is 5.61. The minimum atomic E-state index is -0.491. The monoisotopic (exact) mass is 339 g/mol. The van der Waals surface area contributed by atoms with Gasteiger partial charge in [-0.3, -0.25) is 4.79 Å². The Bertz CT molecular complexity index is 524. The molecule has 2 aliphatic carbocycles. The Kier molecular flexibility index (Phi) is 4.53. The first-order valence-corrected chi connectivity index (χ1v) is 9.10. The largest absolute Gasteiger partial charge is 0.462 e. The predicted molar refractivity (Wildman–Crippen MR) is 87.2 cm³/mol. The van der Waals surface area contributed by atoms with Crippen molar-refractivity contribution in [1.82, 2.24) is 5.32 Å². The van der Waals surface area contributed by atoms with Gasteiger partial charge in [0.1, 0.15) is 12.2 Å². The highest BCUT2D eigenvalue weighted by Crippen LogP contribution is 2.62. The van der Waals surface area contributed by atoms with Gasteiger partial charge in [0.05, 0.1) is 13.0 Å². The Morgan fingerprint density at radius 3 is 2.79 bits per heavy atom. The summed E-state index contributed by atoms with van der Waals surface area (Å²) in [5, 5.41) is 12.9. The van der Waals surface area contributed by atoms with Crippen molar-refractivity contribution in [3.8, 4) is 0 Å². The van der Waals surface area contributed by atoms with Crippen molar-refractivity contribution in [3.05, 3.63) is 0 Å². The summed E-state index contributed by atoms with van der Waals surface area (Å²) in [5.74, 6) is 0.317. The van der Waals surface area contributed by atoms with E-state index in [1.807, 2.05) is 13.8 Å². The summed E-state index contributed by atoms with van der Waals surface area (Å²) in [6.45, 7) is 6.60. The van der Waals surface area contributed by atoms with Crippen LogP contribution in [0.2, 0.25) is 0 Å². The van der Waals surface area contributed by atoms with Crippen molar-refractivity contribution in [2.24, 2.45) is 22.7 Å². The van der Waals surface area contributed by atoms with E-state index < -0.39 is 11.5 Å². The molecule has 0 aromatic rings. The normalized spacial score (nSPS) is 44.2. The van der Waals surface area contributed by atoms with Crippen molar-refractivity contribution < 1.29 is 24.2 Å². The number of hydrogen-bond acceptors (Lipinski definition) is 5. The van der Waals surface area contributed by atoms with E-state index in [9.17, 15) is 14.7 Å². The van der Waals surface area contributed by atoms with Gasteiger partial charge in [-0.05, 0) is 43.9 Å². The molecule has 3 aliphatic rings. The molecule has 24 heavy (non-hydrogen) atoms. The van der Waals surface area contributed by atoms with Crippen molar-refractivity contribution >= 4 is 12.1 Å². The lowest BCUT2D eigenvalue weighted by molar-refractivity contribution is -0.175. The number of alkyl carbamates (subject to hydrolysis) is 1. The maximum absolute atomic E-state index is 11.9. The molecule has 0 aromatic carbocycles. The lowest BCUT2D eigenvalue weighted by atomic mass is 9.46.